The van der Waals surface area contributed by atoms with E-state index in [1.54, 1.807) is 6.26 Å². The summed E-state index contributed by atoms with van der Waals surface area (Å²) < 4.78 is 5.29. The van der Waals surface area contributed by atoms with E-state index in [9.17, 15) is 0 Å². The van der Waals surface area contributed by atoms with Gasteiger partial charge in [-0.2, -0.15) is 0 Å². The molecular formula is C14H21NO. The fraction of sp³-hybridized carbons (Fsp3) is 0.714. The molecular weight excluding hydrogens is 198 g/mol. The van der Waals surface area contributed by atoms with Crippen molar-refractivity contribution in [3.63, 3.8) is 0 Å². The Labute approximate surface area is 97.4 Å². The Hall–Kier alpha value is -0.760. The van der Waals surface area contributed by atoms with Gasteiger partial charge in [0.05, 0.1) is 12.8 Å². The van der Waals surface area contributed by atoms with Crippen molar-refractivity contribution in [3.05, 3.63) is 24.2 Å². The average Bonchev–Trinajstić information content (AvgIpc) is 3.01. The van der Waals surface area contributed by atoms with Gasteiger partial charge in [-0.1, -0.05) is 6.42 Å². The molecule has 3 rings (SSSR count). The summed E-state index contributed by atoms with van der Waals surface area (Å²) in [6.07, 6.45) is 9.17. The van der Waals surface area contributed by atoms with Crippen LogP contribution in [-0.2, 0) is 6.54 Å². The molecule has 3 unspecified atom stereocenters. The highest BCUT2D eigenvalue weighted by Gasteiger charge is 2.38. The molecule has 16 heavy (non-hydrogen) atoms. The fourth-order valence-corrected chi connectivity index (χ4v) is 3.64. The maximum absolute atomic E-state index is 5.29. The lowest BCUT2D eigenvalue weighted by Crippen LogP contribution is -2.20. The maximum atomic E-state index is 5.29. The van der Waals surface area contributed by atoms with Gasteiger partial charge in [0.15, 0.2) is 0 Å². The first-order chi connectivity index (χ1) is 7.92. The standard InChI is InChI=1S/C14H21NO/c1-2-14(16-7-1)10-15-6-5-13-9-11-3-4-12(13)8-11/h1-2,7,11-13,15H,3-6,8-10H2. The molecule has 0 saturated heterocycles. The van der Waals surface area contributed by atoms with Crippen LogP contribution in [0.4, 0.5) is 0 Å². The SMILES string of the molecule is c1coc(CNCCC2CC3CCC2C3)c1. The Morgan fingerprint density at radius 1 is 1.31 bits per heavy atom. The van der Waals surface area contributed by atoms with Crippen molar-refractivity contribution in [2.75, 3.05) is 6.54 Å². The summed E-state index contributed by atoms with van der Waals surface area (Å²) >= 11 is 0. The lowest BCUT2D eigenvalue weighted by molar-refractivity contribution is 0.308. The monoisotopic (exact) mass is 219 g/mol. The summed E-state index contributed by atoms with van der Waals surface area (Å²) in [5.41, 5.74) is 0. The topological polar surface area (TPSA) is 25.2 Å². The van der Waals surface area contributed by atoms with Gasteiger partial charge in [0.2, 0.25) is 0 Å². The van der Waals surface area contributed by atoms with Gasteiger partial charge in [-0.15, -0.1) is 0 Å². The highest BCUT2D eigenvalue weighted by atomic mass is 16.3. The van der Waals surface area contributed by atoms with Gasteiger partial charge >= 0.3 is 0 Å². The first kappa shape index (κ1) is 10.4. The fourth-order valence-electron chi connectivity index (χ4n) is 3.64. The lowest BCUT2D eigenvalue weighted by Gasteiger charge is -2.21. The molecule has 88 valence electrons. The molecule has 1 N–H and O–H groups in total. The van der Waals surface area contributed by atoms with Crippen LogP contribution in [0.25, 0.3) is 0 Å². The molecule has 2 aliphatic rings. The van der Waals surface area contributed by atoms with E-state index in [2.05, 4.69) is 5.32 Å². The van der Waals surface area contributed by atoms with E-state index in [0.717, 1.165) is 36.6 Å². The second-order valence-electron chi connectivity index (χ2n) is 5.48. The number of hydrogen-bond acceptors (Lipinski definition) is 2. The molecule has 1 aromatic rings. The molecule has 0 spiro atoms. The normalized spacial score (nSPS) is 32.4. The van der Waals surface area contributed by atoms with Crippen LogP contribution >= 0.6 is 0 Å². The molecule has 1 aromatic heterocycles. The Morgan fingerprint density at radius 2 is 2.31 bits per heavy atom. The van der Waals surface area contributed by atoms with Crippen LogP contribution in [0.3, 0.4) is 0 Å². The maximum Gasteiger partial charge on any atom is 0.117 e. The van der Waals surface area contributed by atoms with Crippen LogP contribution in [0.5, 0.6) is 0 Å². The molecule has 2 saturated carbocycles. The zero-order chi connectivity index (χ0) is 10.8. The summed E-state index contributed by atoms with van der Waals surface area (Å²) in [6, 6.07) is 3.98. The molecule has 2 nitrogen and oxygen atoms in total. The smallest absolute Gasteiger partial charge is 0.117 e. The van der Waals surface area contributed by atoms with Gasteiger partial charge in [0.25, 0.3) is 0 Å². The summed E-state index contributed by atoms with van der Waals surface area (Å²) in [5, 5.41) is 3.48. The van der Waals surface area contributed by atoms with Crippen molar-refractivity contribution < 1.29 is 4.42 Å². The summed E-state index contributed by atoms with van der Waals surface area (Å²) in [7, 11) is 0. The van der Waals surface area contributed by atoms with Gasteiger partial charge in [-0.25, -0.2) is 0 Å². The molecule has 0 aliphatic heterocycles. The third kappa shape index (κ3) is 2.17. The molecule has 2 fully saturated rings. The van der Waals surface area contributed by atoms with Crippen LogP contribution in [0.15, 0.2) is 22.8 Å². The van der Waals surface area contributed by atoms with Crippen molar-refractivity contribution in [2.24, 2.45) is 17.8 Å². The van der Waals surface area contributed by atoms with E-state index >= 15 is 0 Å². The Balaban J connectivity index is 1.35. The molecule has 2 heteroatoms. The predicted molar refractivity (Wildman–Crippen MR) is 64.0 cm³/mol. The summed E-state index contributed by atoms with van der Waals surface area (Å²) in [4.78, 5) is 0. The van der Waals surface area contributed by atoms with Gasteiger partial charge in [-0.05, 0) is 62.1 Å². The van der Waals surface area contributed by atoms with Gasteiger partial charge in [-0.3, -0.25) is 0 Å². The summed E-state index contributed by atoms with van der Waals surface area (Å²) in [6.45, 7) is 2.03. The molecule has 0 amide bonds. The minimum absolute atomic E-state index is 0.883. The van der Waals surface area contributed by atoms with Crippen molar-refractivity contribution in [1.82, 2.24) is 5.32 Å². The van der Waals surface area contributed by atoms with Gasteiger partial charge < -0.3 is 9.73 Å². The zero-order valence-electron chi connectivity index (χ0n) is 9.82. The second kappa shape index (κ2) is 4.62. The minimum Gasteiger partial charge on any atom is -0.468 e. The first-order valence-electron chi connectivity index (χ1n) is 6.65. The molecule has 3 atom stereocenters. The van der Waals surface area contributed by atoms with Crippen LogP contribution in [0.1, 0.15) is 37.9 Å². The quantitative estimate of drug-likeness (QED) is 0.769. The Kier molecular flexibility index (Phi) is 3.00. The van der Waals surface area contributed by atoms with Gasteiger partial charge in [0, 0.05) is 0 Å². The Bertz CT molecular complexity index is 319. The van der Waals surface area contributed by atoms with E-state index in [-0.39, 0.29) is 0 Å². The van der Waals surface area contributed by atoms with Crippen LogP contribution in [-0.4, -0.2) is 6.54 Å². The van der Waals surface area contributed by atoms with Gasteiger partial charge in [0.1, 0.15) is 5.76 Å². The van der Waals surface area contributed by atoms with E-state index < -0.39 is 0 Å². The average molecular weight is 219 g/mol. The highest BCUT2D eigenvalue weighted by Crippen LogP contribution is 2.49. The summed E-state index contributed by atoms with van der Waals surface area (Å²) in [5.74, 6) is 4.21. The molecule has 2 bridgehead atoms. The number of nitrogens with one attached hydrogen (secondary N) is 1. The van der Waals surface area contributed by atoms with E-state index in [1.807, 2.05) is 12.1 Å². The van der Waals surface area contributed by atoms with Crippen LogP contribution < -0.4 is 5.32 Å². The number of furan rings is 1. The van der Waals surface area contributed by atoms with E-state index in [0.29, 0.717) is 0 Å². The molecule has 2 aliphatic carbocycles. The van der Waals surface area contributed by atoms with Crippen LogP contribution in [0.2, 0.25) is 0 Å². The number of fused-ring (bicyclic) bond motifs is 2. The third-order valence-corrected chi connectivity index (χ3v) is 4.46. The largest absolute Gasteiger partial charge is 0.468 e. The Morgan fingerprint density at radius 3 is 3.00 bits per heavy atom. The first-order valence-corrected chi connectivity index (χ1v) is 6.65. The number of rotatable bonds is 5. The van der Waals surface area contributed by atoms with Crippen molar-refractivity contribution in [3.8, 4) is 0 Å². The molecule has 0 radical (unpaired) electrons. The van der Waals surface area contributed by atoms with E-state index in [1.165, 1.54) is 32.1 Å². The zero-order valence-corrected chi connectivity index (χ0v) is 9.82. The van der Waals surface area contributed by atoms with Crippen molar-refractivity contribution in [1.29, 1.82) is 0 Å². The van der Waals surface area contributed by atoms with Crippen molar-refractivity contribution >= 4 is 0 Å². The van der Waals surface area contributed by atoms with E-state index in [4.69, 9.17) is 4.42 Å². The van der Waals surface area contributed by atoms with Crippen molar-refractivity contribution in [2.45, 2.75) is 38.6 Å². The lowest BCUT2D eigenvalue weighted by atomic mass is 9.86. The molecule has 0 aromatic carbocycles. The second-order valence-corrected chi connectivity index (χ2v) is 5.48. The number of hydrogen-bond donors (Lipinski definition) is 1. The third-order valence-electron chi connectivity index (χ3n) is 4.46. The minimum atomic E-state index is 0.883. The highest BCUT2D eigenvalue weighted by molar-refractivity contribution is 4.97. The predicted octanol–water partition coefficient (Wildman–Crippen LogP) is 3.20. The van der Waals surface area contributed by atoms with Crippen LogP contribution in [0, 0.1) is 17.8 Å². The molecule has 1 heterocycles.